The molecule has 2 aromatic rings. The lowest BCUT2D eigenvalue weighted by molar-refractivity contribution is 0.0954. The second-order valence-electron chi connectivity index (χ2n) is 5.55. The van der Waals surface area contributed by atoms with E-state index < -0.39 is 0 Å². The number of nitrogens with zero attached hydrogens (tertiary/aromatic N) is 1. The maximum Gasteiger partial charge on any atom is 0.251 e. The first-order valence-corrected chi connectivity index (χ1v) is 8.80. The highest BCUT2D eigenvalue weighted by Gasteiger charge is 2.04. The summed E-state index contributed by atoms with van der Waals surface area (Å²) in [5, 5.41) is 19.1. The van der Waals surface area contributed by atoms with Gasteiger partial charge in [-0.3, -0.25) is 4.79 Å². The smallest absolute Gasteiger partial charge is 0.251 e. The SMILES string of the molecule is CCNC(=NCc1cccc(Cl)c1)NCCNC(=O)c1ccc(O)cc1.I. The summed E-state index contributed by atoms with van der Waals surface area (Å²) in [6, 6.07) is 13.7. The number of nitrogens with one attached hydrogen (secondary N) is 3. The zero-order valence-electron chi connectivity index (χ0n) is 15.0. The predicted molar refractivity (Wildman–Crippen MR) is 120 cm³/mol. The van der Waals surface area contributed by atoms with Crippen molar-refractivity contribution in [3.05, 3.63) is 64.7 Å². The molecule has 0 unspecified atom stereocenters. The minimum absolute atomic E-state index is 0. The number of amides is 1. The fourth-order valence-corrected chi connectivity index (χ4v) is 2.43. The van der Waals surface area contributed by atoms with E-state index in [0.29, 0.717) is 36.2 Å². The molecule has 0 aliphatic heterocycles. The molecule has 0 aromatic heterocycles. The molecule has 0 spiro atoms. The first-order valence-electron chi connectivity index (χ1n) is 8.42. The summed E-state index contributed by atoms with van der Waals surface area (Å²) in [4.78, 5) is 16.5. The minimum Gasteiger partial charge on any atom is -0.508 e. The highest BCUT2D eigenvalue weighted by molar-refractivity contribution is 14.0. The summed E-state index contributed by atoms with van der Waals surface area (Å²) in [5.74, 6) is 0.619. The van der Waals surface area contributed by atoms with Crippen LogP contribution in [-0.4, -0.2) is 36.6 Å². The van der Waals surface area contributed by atoms with Gasteiger partial charge in [0.05, 0.1) is 6.54 Å². The average Bonchev–Trinajstić information content (AvgIpc) is 2.63. The normalized spacial score (nSPS) is 10.7. The molecule has 6 nitrogen and oxygen atoms in total. The van der Waals surface area contributed by atoms with Crippen LogP contribution < -0.4 is 16.0 Å². The Hall–Kier alpha value is -2.00. The van der Waals surface area contributed by atoms with Gasteiger partial charge in [0.15, 0.2) is 5.96 Å². The molecule has 146 valence electrons. The van der Waals surface area contributed by atoms with Gasteiger partial charge in [-0.2, -0.15) is 0 Å². The van der Waals surface area contributed by atoms with Crippen LogP contribution in [0.2, 0.25) is 5.02 Å². The Labute approximate surface area is 181 Å². The van der Waals surface area contributed by atoms with Crippen LogP contribution in [-0.2, 0) is 6.54 Å². The Kier molecular flexibility index (Phi) is 10.6. The molecule has 4 N–H and O–H groups in total. The molecule has 2 aromatic carbocycles. The molecule has 0 saturated heterocycles. The predicted octanol–water partition coefficient (Wildman–Crippen LogP) is 3.15. The van der Waals surface area contributed by atoms with E-state index in [-0.39, 0.29) is 35.6 Å². The topological polar surface area (TPSA) is 85.8 Å². The van der Waals surface area contributed by atoms with Gasteiger partial charge < -0.3 is 21.1 Å². The zero-order chi connectivity index (χ0) is 18.8. The fraction of sp³-hybridized carbons (Fsp3) is 0.263. The number of carbonyl (C=O) groups is 1. The Morgan fingerprint density at radius 3 is 2.44 bits per heavy atom. The van der Waals surface area contributed by atoms with Crippen molar-refractivity contribution in [3.8, 4) is 5.75 Å². The van der Waals surface area contributed by atoms with Crippen molar-refractivity contribution in [3.63, 3.8) is 0 Å². The van der Waals surface area contributed by atoms with Gasteiger partial charge in [-0.1, -0.05) is 23.7 Å². The molecule has 0 aliphatic rings. The summed E-state index contributed by atoms with van der Waals surface area (Å²) < 4.78 is 0. The third-order valence-electron chi connectivity index (χ3n) is 3.49. The lowest BCUT2D eigenvalue weighted by Crippen LogP contribution is -2.41. The fourth-order valence-electron chi connectivity index (χ4n) is 2.22. The molecule has 0 heterocycles. The number of phenolic OH excluding ortho intramolecular Hbond substituents is 1. The van der Waals surface area contributed by atoms with Gasteiger partial charge in [-0.25, -0.2) is 4.99 Å². The zero-order valence-corrected chi connectivity index (χ0v) is 18.1. The van der Waals surface area contributed by atoms with Gasteiger partial charge in [0.1, 0.15) is 5.75 Å². The van der Waals surface area contributed by atoms with Crippen molar-refractivity contribution in [2.75, 3.05) is 19.6 Å². The summed E-state index contributed by atoms with van der Waals surface area (Å²) >= 11 is 5.98. The largest absolute Gasteiger partial charge is 0.508 e. The molecular weight excluding hydrogens is 479 g/mol. The van der Waals surface area contributed by atoms with E-state index >= 15 is 0 Å². The van der Waals surface area contributed by atoms with Gasteiger partial charge in [-0.15, -0.1) is 24.0 Å². The molecule has 0 saturated carbocycles. The molecule has 2 rings (SSSR count). The van der Waals surface area contributed by atoms with Crippen molar-refractivity contribution in [1.29, 1.82) is 0 Å². The Balaban J connectivity index is 0.00000364. The van der Waals surface area contributed by atoms with E-state index in [9.17, 15) is 9.90 Å². The van der Waals surface area contributed by atoms with E-state index in [1.807, 2.05) is 31.2 Å². The molecule has 0 atom stereocenters. The average molecular weight is 503 g/mol. The standard InChI is InChI=1S/C19H23ClN4O2.HI/c1-2-21-19(24-13-14-4-3-5-16(20)12-14)23-11-10-22-18(26)15-6-8-17(25)9-7-15;/h3-9,12,25H,2,10-11,13H2,1H3,(H,22,26)(H2,21,23,24);1H. The van der Waals surface area contributed by atoms with E-state index in [2.05, 4.69) is 20.9 Å². The Bertz CT molecular complexity index is 754. The number of phenols is 1. The van der Waals surface area contributed by atoms with Gasteiger partial charge >= 0.3 is 0 Å². The maximum absolute atomic E-state index is 12.0. The van der Waals surface area contributed by atoms with Crippen molar-refractivity contribution >= 4 is 47.4 Å². The number of aromatic hydroxyl groups is 1. The molecule has 1 amide bonds. The van der Waals surface area contributed by atoms with E-state index in [1.165, 1.54) is 12.1 Å². The van der Waals surface area contributed by atoms with Crippen molar-refractivity contribution < 1.29 is 9.90 Å². The van der Waals surface area contributed by atoms with Gasteiger partial charge in [0.2, 0.25) is 0 Å². The lowest BCUT2D eigenvalue weighted by Gasteiger charge is -2.12. The number of guanidine groups is 1. The molecule has 0 aliphatic carbocycles. The van der Waals surface area contributed by atoms with Crippen LogP contribution in [0.4, 0.5) is 0 Å². The molecule has 8 heteroatoms. The van der Waals surface area contributed by atoms with Crippen molar-refractivity contribution in [1.82, 2.24) is 16.0 Å². The third-order valence-corrected chi connectivity index (χ3v) is 3.72. The number of benzene rings is 2. The van der Waals surface area contributed by atoms with Crippen LogP contribution in [0.3, 0.4) is 0 Å². The molecule has 0 radical (unpaired) electrons. The second kappa shape index (κ2) is 12.4. The number of hydrogen-bond acceptors (Lipinski definition) is 3. The van der Waals surface area contributed by atoms with E-state index in [1.54, 1.807) is 12.1 Å². The molecule has 0 fully saturated rings. The number of hydrogen-bond donors (Lipinski definition) is 4. The van der Waals surface area contributed by atoms with Crippen LogP contribution in [0.25, 0.3) is 0 Å². The van der Waals surface area contributed by atoms with Gasteiger partial charge in [0, 0.05) is 30.2 Å². The monoisotopic (exact) mass is 502 g/mol. The molecule has 27 heavy (non-hydrogen) atoms. The summed E-state index contributed by atoms with van der Waals surface area (Å²) in [6.45, 7) is 4.21. The van der Waals surface area contributed by atoms with Crippen LogP contribution in [0, 0.1) is 0 Å². The maximum atomic E-state index is 12.0. The third kappa shape index (κ3) is 8.49. The first-order chi connectivity index (χ1) is 12.6. The highest BCUT2D eigenvalue weighted by atomic mass is 127. The number of rotatable bonds is 7. The summed E-state index contributed by atoms with van der Waals surface area (Å²) in [6.07, 6.45) is 0. The highest BCUT2D eigenvalue weighted by Crippen LogP contribution is 2.11. The minimum atomic E-state index is -0.187. The first kappa shape index (κ1) is 23.0. The lowest BCUT2D eigenvalue weighted by atomic mass is 10.2. The van der Waals surface area contributed by atoms with Crippen LogP contribution in [0.5, 0.6) is 5.75 Å². The quantitative estimate of drug-likeness (QED) is 0.203. The number of carbonyl (C=O) groups excluding carboxylic acids is 1. The molecular formula is C19H24ClIN4O2. The van der Waals surface area contributed by atoms with Crippen molar-refractivity contribution in [2.45, 2.75) is 13.5 Å². The Morgan fingerprint density at radius 1 is 1.07 bits per heavy atom. The van der Waals surface area contributed by atoms with Crippen LogP contribution >= 0.6 is 35.6 Å². The number of halogens is 2. The second-order valence-corrected chi connectivity index (χ2v) is 5.99. The Morgan fingerprint density at radius 2 is 1.78 bits per heavy atom. The van der Waals surface area contributed by atoms with E-state index in [4.69, 9.17) is 11.6 Å². The summed E-state index contributed by atoms with van der Waals surface area (Å²) in [5.41, 5.74) is 1.53. The van der Waals surface area contributed by atoms with E-state index in [0.717, 1.165) is 12.1 Å². The van der Waals surface area contributed by atoms with Crippen LogP contribution in [0.1, 0.15) is 22.8 Å². The van der Waals surface area contributed by atoms with Crippen molar-refractivity contribution in [2.24, 2.45) is 4.99 Å². The van der Waals surface area contributed by atoms with Gasteiger partial charge in [-0.05, 0) is 48.9 Å². The number of aliphatic imine (C=N–C) groups is 1. The molecule has 0 bridgehead atoms. The van der Waals surface area contributed by atoms with Gasteiger partial charge in [0.25, 0.3) is 5.91 Å². The van der Waals surface area contributed by atoms with Crippen LogP contribution in [0.15, 0.2) is 53.5 Å². The summed E-state index contributed by atoms with van der Waals surface area (Å²) in [7, 11) is 0.